The van der Waals surface area contributed by atoms with Gasteiger partial charge in [-0.2, -0.15) is 5.10 Å². The fraction of sp³-hybridized carbons (Fsp3) is 0.429. The molecule has 0 amide bonds. The molecule has 5 heteroatoms. The maximum atomic E-state index is 10.3. The highest BCUT2D eigenvalue weighted by atomic mass is 16.5. The standard InChI is InChI=1S/C7H10N2O3/c1-5(7(10)11)12-4-6-2-3-8-9-6/h2-3,5H,4H2,1H3,(H,8,9)(H,10,11). The third-order valence-electron chi connectivity index (χ3n) is 1.40. The normalized spacial score (nSPS) is 12.8. The highest BCUT2D eigenvalue weighted by Gasteiger charge is 2.10. The number of nitrogens with zero attached hydrogens (tertiary/aromatic N) is 1. The Bertz CT molecular complexity index is 245. The van der Waals surface area contributed by atoms with E-state index in [-0.39, 0.29) is 6.61 Å². The van der Waals surface area contributed by atoms with Gasteiger partial charge < -0.3 is 9.84 Å². The first-order valence-corrected chi connectivity index (χ1v) is 3.53. The highest BCUT2D eigenvalue weighted by Crippen LogP contribution is 1.98. The summed E-state index contributed by atoms with van der Waals surface area (Å²) in [5, 5.41) is 14.8. The number of hydrogen-bond acceptors (Lipinski definition) is 3. The molecule has 1 heterocycles. The van der Waals surface area contributed by atoms with E-state index in [4.69, 9.17) is 9.84 Å². The highest BCUT2D eigenvalue weighted by molar-refractivity contribution is 5.71. The zero-order valence-electron chi connectivity index (χ0n) is 6.65. The second-order valence-corrected chi connectivity index (χ2v) is 2.37. The van der Waals surface area contributed by atoms with Gasteiger partial charge in [0.2, 0.25) is 0 Å². The van der Waals surface area contributed by atoms with Gasteiger partial charge in [0.05, 0.1) is 12.3 Å². The molecule has 1 unspecified atom stereocenters. The van der Waals surface area contributed by atoms with Gasteiger partial charge in [-0.3, -0.25) is 5.10 Å². The molecule has 66 valence electrons. The van der Waals surface area contributed by atoms with E-state index in [9.17, 15) is 4.79 Å². The second kappa shape index (κ2) is 3.87. The summed E-state index contributed by atoms with van der Waals surface area (Å²) in [7, 11) is 0. The number of carbonyl (C=O) groups is 1. The lowest BCUT2D eigenvalue weighted by atomic mass is 10.4. The summed E-state index contributed by atoms with van der Waals surface area (Å²) >= 11 is 0. The van der Waals surface area contributed by atoms with Crippen LogP contribution in [0.2, 0.25) is 0 Å². The molecule has 1 atom stereocenters. The second-order valence-electron chi connectivity index (χ2n) is 2.37. The third kappa shape index (κ3) is 2.35. The van der Waals surface area contributed by atoms with E-state index in [2.05, 4.69) is 10.2 Å². The van der Waals surface area contributed by atoms with Crippen LogP contribution in [0.1, 0.15) is 12.6 Å². The molecule has 0 aromatic carbocycles. The summed E-state index contributed by atoms with van der Waals surface area (Å²) < 4.78 is 4.98. The van der Waals surface area contributed by atoms with Gasteiger partial charge >= 0.3 is 5.97 Å². The molecular weight excluding hydrogens is 160 g/mol. The van der Waals surface area contributed by atoms with Gasteiger partial charge in [-0.1, -0.05) is 0 Å². The van der Waals surface area contributed by atoms with Gasteiger partial charge in [-0.05, 0) is 13.0 Å². The summed E-state index contributed by atoms with van der Waals surface area (Å²) in [5.41, 5.74) is 0.767. The largest absolute Gasteiger partial charge is 0.479 e. The molecular formula is C7H10N2O3. The van der Waals surface area contributed by atoms with E-state index in [0.29, 0.717) is 0 Å². The number of carboxylic acid groups (broad SMARTS) is 1. The Morgan fingerprint density at radius 3 is 3.17 bits per heavy atom. The molecule has 0 saturated carbocycles. The Balaban J connectivity index is 2.31. The lowest BCUT2D eigenvalue weighted by Gasteiger charge is -2.05. The predicted molar refractivity (Wildman–Crippen MR) is 40.5 cm³/mol. The van der Waals surface area contributed by atoms with Crippen molar-refractivity contribution in [3.8, 4) is 0 Å². The number of ether oxygens (including phenoxy) is 1. The molecule has 12 heavy (non-hydrogen) atoms. The minimum Gasteiger partial charge on any atom is -0.479 e. The fourth-order valence-corrected chi connectivity index (χ4v) is 0.651. The molecule has 0 aliphatic heterocycles. The zero-order chi connectivity index (χ0) is 8.97. The van der Waals surface area contributed by atoms with Gasteiger partial charge in [0.1, 0.15) is 0 Å². The first-order valence-electron chi connectivity index (χ1n) is 3.53. The molecule has 1 rings (SSSR count). The van der Waals surface area contributed by atoms with Crippen LogP contribution in [0.4, 0.5) is 0 Å². The van der Waals surface area contributed by atoms with Crippen LogP contribution < -0.4 is 0 Å². The average Bonchev–Trinajstić information content (AvgIpc) is 2.51. The van der Waals surface area contributed by atoms with E-state index in [1.54, 1.807) is 12.3 Å². The number of rotatable bonds is 4. The Morgan fingerprint density at radius 1 is 1.92 bits per heavy atom. The van der Waals surface area contributed by atoms with Crippen molar-refractivity contribution >= 4 is 5.97 Å². The first kappa shape index (κ1) is 8.73. The summed E-state index contributed by atoms with van der Waals surface area (Å²) in [6.45, 7) is 1.73. The molecule has 0 radical (unpaired) electrons. The minimum atomic E-state index is -0.963. The van der Waals surface area contributed by atoms with Gasteiger partial charge in [0.25, 0.3) is 0 Å². The minimum absolute atomic E-state index is 0.244. The van der Waals surface area contributed by atoms with Crippen LogP contribution in [0.5, 0.6) is 0 Å². The molecule has 0 saturated heterocycles. The van der Waals surface area contributed by atoms with Crippen molar-refractivity contribution in [1.29, 1.82) is 0 Å². The zero-order valence-corrected chi connectivity index (χ0v) is 6.65. The quantitative estimate of drug-likeness (QED) is 0.685. The molecule has 0 aliphatic carbocycles. The molecule has 1 aromatic rings. The molecule has 0 bridgehead atoms. The number of hydrogen-bond donors (Lipinski definition) is 2. The summed E-state index contributed by atoms with van der Waals surface area (Å²) in [4.78, 5) is 10.3. The van der Waals surface area contributed by atoms with Crippen LogP contribution in [0, 0.1) is 0 Å². The SMILES string of the molecule is CC(OCc1ccn[nH]1)C(=O)O. The van der Waals surface area contributed by atoms with Gasteiger partial charge in [-0.15, -0.1) is 0 Å². The number of aliphatic carboxylic acids is 1. The predicted octanol–water partition coefficient (Wildman–Crippen LogP) is 0.399. The topological polar surface area (TPSA) is 75.2 Å². The summed E-state index contributed by atoms with van der Waals surface area (Å²) in [6.07, 6.45) is 0.803. The van der Waals surface area contributed by atoms with Crippen LogP contribution >= 0.6 is 0 Å². The van der Waals surface area contributed by atoms with Crippen molar-refractivity contribution in [3.05, 3.63) is 18.0 Å². The number of aromatic nitrogens is 2. The van der Waals surface area contributed by atoms with Crippen molar-refractivity contribution in [3.63, 3.8) is 0 Å². The molecule has 0 fully saturated rings. The molecule has 0 spiro atoms. The molecule has 5 nitrogen and oxygen atoms in total. The van der Waals surface area contributed by atoms with Crippen molar-refractivity contribution < 1.29 is 14.6 Å². The number of H-pyrrole nitrogens is 1. The molecule has 1 aromatic heterocycles. The fourth-order valence-electron chi connectivity index (χ4n) is 0.651. The van der Waals surface area contributed by atoms with Crippen molar-refractivity contribution in [2.75, 3.05) is 0 Å². The molecule has 2 N–H and O–H groups in total. The monoisotopic (exact) mass is 170 g/mol. The maximum Gasteiger partial charge on any atom is 0.332 e. The van der Waals surface area contributed by atoms with Crippen molar-refractivity contribution in [2.45, 2.75) is 19.6 Å². The van der Waals surface area contributed by atoms with Crippen LogP contribution in [0.15, 0.2) is 12.3 Å². The Kier molecular flexibility index (Phi) is 2.82. The number of aromatic amines is 1. The maximum absolute atomic E-state index is 10.3. The van der Waals surface area contributed by atoms with Crippen molar-refractivity contribution in [2.24, 2.45) is 0 Å². The van der Waals surface area contributed by atoms with E-state index in [1.807, 2.05) is 0 Å². The third-order valence-corrected chi connectivity index (χ3v) is 1.40. The van der Waals surface area contributed by atoms with Crippen LogP contribution in [0.3, 0.4) is 0 Å². The van der Waals surface area contributed by atoms with Gasteiger partial charge in [0.15, 0.2) is 6.10 Å². The van der Waals surface area contributed by atoms with E-state index in [0.717, 1.165) is 5.69 Å². The average molecular weight is 170 g/mol. The molecule has 0 aliphatic rings. The Hall–Kier alpha value is -1.36. The number of carboxylic acids is 1. The van der Waals surface area contributed by atoms with E-state index in [1.165, 1.54) is 6.92 Å². The van der Waals surface area contributed by atoms with E-state index < -0.39 is 12.1 Å². The smallest absolute Gasteiger partial charge is 0.332 e. The summed E-state index contributed by atoms with van der Waals surface area (Å²) in [5.74, 6) is -0.963. The Morgan fingerprint density at radius 2 is 2.67 bits per heavy atom. The number of nitrogens with one attached hydrogen (secondary N) is 1. The van der Waals surface area contributed by atoms with Gasteiger partial charge in [0, 0.05) is 6.20 Å². The van der Waals surface area contributed by atoms with Gasteiger partial charge in [-0.25, -0.2) is 4.79 Å². The Labute approximate surface area is 69.4 Å². The van der Waals surface area contributed by atoms with Crippen molar-refractivity contribution in [1.82, 2.24) is 10.2 Å². The van der Waals surface area contributed by atoms with Crippen LogP contribution in [-0.4, -0.2) is 27.4 Å². The van der Waals surface area contributed by atoms with Crippen LogP contribution in [-0.2, 0) is 16.1 Å². The lowest BCUT2D eigenvalue weighted by Crippen LogP contribution is -2.19. The lowest BCUT2D eigenvalue weighted by molar-refractivity contribution is -0.149. The first-order chi connectivity index (χ1) is 5.70. The summed E-state index contributed by atoms with van der Waals surface area (Å²) in [6, 6.07) is 1.73. The van der Waals surface area contributed by atoms with E-state index >= 15 is 0 Å². The van der Waals surface area contributed by atoms with Crippen LogP contribution in [0.25, 0.3) is 0 Å².